The van der Waals surface area contributed by atoms with Crippen molar-refractivity contribution in [1.82, 2.24) is 0 Å². The number of ether oxygens (including phenoxy) is 2. The van der Waals surface area contributed by atoms with Gasteiger partial charge < -0.3 is 14.8 Å². The number of hydrogen-bond donors (Lipinski definition) is 2. The second kappa shape index (κ2) is 7.29. The molecular weight excluding hydrogens is 236 g/mol. The summed E-state index contributed by atoms with van der Waals surface area (Å²) in [5.41, 5.74) is 1.12. The quantitative estimate of drug-likeness (QED) is 0.838. The summed E-state index contributed by atoms with van der Waals surface area (Å²) in [6.07, 6.45) is -0.562. The van der Waals surface area contributed by atoms with Crippen molar-refractivity contribution < 1.29 is 19.1 Å². The van der Waals surface area contributed by atoms with Gasteiger partial charge in [0.1, 0.15) is 6.61 Å². The summed E-state index contributed by atoms with van der Waals surface area (Å²) in [5.74, 6) is -0.243. The summed E-state index contributed by atoms with van der Waals surface area (Å²) in [6.45, 7) is 2.30. The van der Waals surface area contributed by atoms with E-state index < -0.39 is 6.09 Å². The lowest BCUT2D eigenvalue weighted by atomic mass is 10.3. The van der Waals surface area contributed by atoms with Crippen LogP contribution in [0.1, 0.15) is 6.92 Å². The monoisotopic (exact) mass is 252 g/mol. The van der Waals surface area contributed by atoms with E-state index in [-0.39, 0.29) is 12.5 Å². The Morgan fingerprint density at radius 1 is 1.22 bits per heavy atom. The minimum absolute atomic E-state index is 0.00512. The molecular formula is C12H16N2O4. The first-order valence-electron chi connectivity index (χ1n) is 5.48. The van der Waals surface area contributed by atoms with E-state index in [4.69, 9.17) is 4.74 Å². The summed E-state index contributed by atoms with van der Waals surface area (Å²) < 4.78 is 9.45. The Bertz CT molecular complexity index is 420. The molecule has 0 saturated carbocycles. The summed E-state index contributed by atoms with van der Waals surface area (Å²) in [5, 5.41) is 5.16. The average Bonchev–Trinajstić information content (AvgIpc) is 2.36. The van der Waals surface area contributed by atoms with Crippen LogP contribution in [0.15, 0.2) is 24.3 Å². The summed E-state index contributed by atoms with van der Waals surface area (Å²) >= 11 is 0. The average molecular weight is 252 g/mol. The Labute approximate surface area is 105 Å². The highest BCUT2D eigenvalue weighted by Crippen LogP contribution is 2.15. The first-order valence-corrected chi connectivity index (χ1v) is 5.48. The molecule has 0 aliphatic rings. The fourth-order valence-electron chi connectivity index (χ4n) is 1.24. The van der Waals surface area contributed by atoms with Crippen LogP contribution >= 0.6 is 0 Å². The van der Waals surface area contributed by atoms with Crippen LogP contribution in [0, 0.1) is 0 Å². The molecule has 0 unspecified atom stereocenters. The molecule has 2 amide bonds. The SMILES string of the molecule is CCOCC(=O)Nc1cccc(NC(=O)OC)c1. The molecule has 0 aliphatic carbocycles. The lowest BCUT2D eigenvalue weighted by Crippen LogP contribution is -2.18. The maximum Gasteiger partial charge on any atom is 0.411 e. The van der Waals surface area contributed by atoms with Crippen LogP contribution in [-0.2, 0) is 14.3 Å². The van der Waals surface area contributed by atoms with Gasteiger partial charge in [-0.15, -0.1) is 0 Å². The van der Waals surface area contributed by atoms with Gasteiger partial charge in [-0.3, -0.25) is 10.1 Å². The van der Waals surface area contributed by atoms with Crippen LogP contribution in [-0.4, -0.2) is 32.3 Å². The van der Waals surface area contributed by atoms with Crippen molar-refractivity contribution in [2.24, 2.45) is 0 Å². The Hall–Kier alpha value is -2.08. The number of benzene rings is 1. The number of methoxy groups -OCH3 is 1. The normalized spacial score (nSPS) is 9.67. The molecule has 2 N–H and O–H groups in total. The van der Waals surface area contributed by atoms with Gasteiger partial charge in [0.2, 0.25) is 5.91 Å². The smallest absolute Gasteiger partial charge is 0.411 e. The molecule has 0 heterocycles. The van der Waals surface area contributed by atoms with Gasteiger partial charge in [0.25, 0.3) is 0 Å². The van der Waals surface area contributed by atoms with Crippen LogP contribution < -0.4 is 10.6 Å². The zero-order valence-corrected chi connectivity index (χ0v) is 10.4. The van der Waals surface area contributed by atoms with E-state index in [2.05, 4.69) is 15.4 Å². The Balaban J connectivity index is 2.59. The molecule has 0 spiro atoms. The van der Waals surface area contributed by atoms with E-state index in [0.717, 1.165) is 0 Å². The van der Waals surface area contributed by atoms with E-state index in [1.165, 1.54) is 7.11 Å². The number of rotatable bonds is 5. The van der Waals surface area contributed by atoms with E-state index in [1.54, 1.807) is 24.3 Å². The third-order valence-electron chi connectivity index (χ3n) is 2.02. The van der Waals surface area contributed by atoms with E-state index in [1.807, 2.05) is 6.92 Å². The van der Waals surface area contributed by atoms with Gasteiger partial charge in [-0.25, -0.2) is 4.79 Å². The van der Waals surface area contributed by atoms with E-state index in [0.29, 0.717) is 18.0 Å². The molecule has 1 rings (SSSR count). The maximum atomic E-state index is 11.4. The highest BCUT2D eigenvalue weighted by atomic mass is 16.5. The molecule has 98 valence electrons. The minimum atomic E-state index is -0.562. The maximum absolute atomic E-state index is 11.4. The Morgan fingerprint density at radius 3 is 2.50 bits per heavy atom. The summed E-state index contributed by atoms with van der Waals surface area (Å²) in [4.78, 5) is 22.4. The standard InChI is InChI=1S/C12H16N2O4/c1-3-18-8-11(15)13-9-5-4-6-10(7-9)14-12(16)17-2/h4-7H,3,8H2,1-2H3,(H,13,15)(H,14,16). The summed E-state index contributed by atoms with van der Waals surface area (Å²) in [7, 11) is 1.28. The number of carbonyl (C=O) groups excluding carboxylic acids is 2. The Kier molecular flexibility index (Phi) is 5.66. The zero-order valence-electron chi connectivity index (χ0n) is 10.4. The van der Waals surface area contributed by atoms with Gasteiger partial charge in [0, 0.05) is 18.0 Å². The molecule has 1 aromatic carbocycles. The fraction of sp³-hybridized carbons (Fsp3) is 0.333. The second-order valence-corrected chi connectivity index (χ2v) is 3.38. The van der Waals surface area contributed by atoms with Crippen molar-refractivity contribution in [1.29, 1.82) is 0 Å². The zero-order chi connectivity index (χ0) is 13.4. The van der Waals surface area contributed by atoms with Gasteiger partial charge in [-0.05, 0) is 25.1 Å². The molecule has 0 bridgehead atoms. The van der Waals surface area contributed by atoms with Gasteiger partial charge >= 0.3 is 6.09 Å². The molecule has 0 aliphatic heterocycles. The number of anilines is 2. The van der Waals surface area contributed by atoms with Crippen molar-refractivity contribution in [2.75, 3.05) is 31.0 Å². The molecule has 0 radical (unpaired) electrons. The van der Waals surface area contributed by atoms with Crippen LogP contribution in [0.3, 0.4) is 0 Å². The van der Waals surface area contributed by atoms with Crippen LogP contribution in [0.5, 0.6) is 0 Å². The molecule has 18 heavy (non-hydrogen) atoms. The van der Waals surface area contributed by atoms with E-state index in [9.17, 15) is 9.59 Å². The number of amides is 2. The van der Waals surface area contributed by atoms with Crippen LogP contribution in [0.25, 0.3) is 0 Å². The molecule has 6 nitrogen and oxygen atoms in total. The van der Waals surface area contributed by atoms with Crippen molar-refractivity contribution in [3.8, 4) is 0 Å². The second-order valence-electron chi connectivity index (χ2n) is 3.38. The van der Waals surface area contributed by atoms with E-state index >= 15 is 0 Å². The lowest BCUT2D eigenvalue weighted by Gasteiger charge is -2.08. The third-order valence-corrected chi connectivity index (χ3v) is 2.02. The van der Waals surface area contributed by atoms with Gasteiger partial charge in [0.15, 0.2) is 0 Å². The molecule has 0 aromatic heterocycles. The van der Waals surface area contributed by atoms with Crippen molar-refractivity contribution >= 4 is 23.4 Å². The van der Waals surface area contributed by atoms with Crippen LogP contribution in [0.2, 0.25) is 0 Å². The minimum Gasteiger partial charge on any atom is -0.453 e. The van der Waals surface area contributed by atoms with Crippen molar-refractivity contribution in [3.05, 3.63) is 24.3 Å². The number of carbonyl (C=O) groups is 2. The Morgan fingerprint density at radius 2 is 1.89 bits per heavy atom. The predicted octanol–water partition coefficient (Wildman–Crippen LogP) is 1.84. The first-order chi connectivity index (χ1) is 8.65. The van der Waals surface area contributed by atoms with Crippen molar-refractivity contribution in [2.45, 2.75) is 6.92 Å². The lowest BCUT2D eigenvalue weighted by molar-refractivity contribution is -0.120. The summed E-state index contributed by atoms with van der Waals surface area (Å²) in [6, 6.07) is 6.74. The van der Waals surface area contributed by atoms with Crippen LogP contribution in [0.4, 0.5) is 16.2 Å². The van der Waals surface area contributed by atoms with Gasteiger partial charge in [0.05, 0.1) is 7.11 Å². The van der Waals surface area contributed by atoms with Gasteiger partial charge in [-0.1, -0.05) is 6.07 Å². The number of nitrogens with one attached hydrogen (secondary N) is 2. The third kappa shape index (κ3) is 4.84. The highest BCUT2D eigenvalue weighted by molar-refractivity contribution is 5.93. The van der Waals surface area contributed by atoms with Gasteiger partial charge in [-0.2, -0.15) is 0 Å². The molecule has 1 aromatic rings. The highest BCUT2D eigenvalue weighted by Gasteiger charge is 2.04. The van der Waals surface area contributed by atoms with Crippen molar-refractivity contribution in [3.63, 3.8) is 0 Å². The topological polar surface area (TPSA) is 76.7 Å². The fourth-order valence-corrected chi connectivity index (χ4v) is 1.24. The first kappa shape index (κ1) is 14.0. The molecule has 6 heteroatoms. The number of hydrogen-bond acceptors (Lipinski definition) is 4. The molecule has 0 fully saturated rings. The predicted molar refractivity (Wildman–Crippen MR) is 67.6 cm³/mol. The molecule has 0 saturated heterocycles. The molecule has 0 atom stereocenters. The largest absolute Gasteiger partial charge is 0.453 e.